The molecular weight excluding hydrogens is 400 g/mol. The molecule has 2 heterocycles. The van der Waals surface area contributed by atoms with Gasteiger partial charge in [-0.15, -0.1) is 0 Å². The van der Waals surface area contributed by atoms with E-state index in [4.69, 9.17) is 16.6 Å². The fourth-order valence-corrected chi connectivity index (χ4v) is 6.01. The molecular formula is C21H17F2NO2S2. The summed E-state index contributed by atoms with van der Waals surface area (Å²) in [6, 6.07) is 7.22. The first-order valence-electron chi connectivity index (χ1n) is 9.32. The van der Waals surface area contributed by atoms with Crippen LogP contribution >= 0.6 is 24.0 Å². The first kappa shape index (κ1) is 18.1. The third-order valence-electron chi connectivity index (χ3n) is 5.96. The average molecular weight is 418 g/mol. The van der Waals surface area contributed by atoms with E-state index in [1.807, 2.05) is 0 Å². The van der Waals surface area contributed by atoms with E-state index < -0.39 is 11.6 Å². The van der Waals surface area contributed by atoms with E-state index in [0.717, 1.165) is 24.5 Å². The van der Waals surface area contributed by atoms with Crippen molar-refractivity contribution in [1.29, 1.82) is 0 Å². The predicted octanol–water partition coefficient (Wildman–Crippen LogP) is 5.61. The van der Waals surface area contributed by atoms with Gasteiger partial charge in [0.15, 0.2) is 11.6 Å². The van der Waals surface area contributed by atoms with Gasteiger partial charge in [-0.05, 0) is 61.4 Å². The number of thiocarbonyl (C=S) groups is 1. The molecule has 1 aliphatic heterocycles. The zero-order chi connectivity index (χ0) is 19.4. The van der Waals surface area contributed by atoms with Crippen LogP contribution in [0.3, 0.4) is 0 Å². The highest BCUT2D eigenvalue weighted by Crippen LogP contribution is 2.49. The number of nitrogens with zero attached hydrogens (tertiary/aromatic N) is 1. The number of benzene rings is 1. The summed E-state index contributed by atoms with van der Waals surface area (Å²) >= 11 is 6.79. The summed E-state index contributed by atoms with van der Waals surface area (Å²) in [6.45, 7) is 0. The Morgan fingerprint density at radius 1 is 1.14 bits per heavy atom. The molecule has 2 aliphatic carbocycles. The second-order valence-corrected chi connectivity index (χ2v) is 9.30. The van der Waals surface area contributed by atoms with Gasteiger partial charge in [-0.3, -0.25) is 9.69 Å². The molecule has 144 valence electrons. The Bertz CT molecular complexity index is 1020. The van der Waals surface area contributed by atoms with Gasteiger partial charge in [-0.1, -0.05) is 30.4 Å². The van der Waals surface area contributed by atoms with Crippen molar-refractivity contribution in [2.75, 3.05) is 0 Å². The maximum absolute atomic E-state index is 13.5. The Kier molecular flexibility index (Phi) is 4.39. The number of carbonyl (C=O) groups excluding carboxylic acids is 1. The van der Waals surface area contributed by atoms with E-state index in [-0.39, 0.29) is 11.9 Å². The largest absolute Gasteiger partial charge is 0.457 e. The zero-order valence-electron chi connectivity index (χ0n) is 14.9. The number of halogens is 2. The lowest BCUT2D eigenvalue weighted by Gasteiger charge is -2.30. The molecule has 7 heteroatoms. The molecule has 2 aromatic rings. The molecule has 1 saturated heterocycles. The quantitative estimate of drug-likeness (QED) is 0.480. The van der Waals surface area contributed by atoms with Crippen molar-refractivity contribution in [1.82, 2.24) is 4.90 Å². The van der Waals surface area contributed by atoms with Crippen LogP contribution in [0.2, 0.25) is 0 Å². The SMILES string of the molecule is O=C1C(=Cc2ccc(-c3ccc(F)c(F)c3)o2)SC(=S)N1C1CC2CCC1C2. The lowest BCUT2D eigenvalue weighted by molar-refractivity contribution is -0.124. The molecule has 0 radical (unpaired) electrons. The van der Waals surface area contributed by atoms with Gasteiger partial charge in [0.1, 0.15) is 15.8 Å². The van der Waals surface area contributed by atoms with Gasteiger partial charge in [0.2, 0.25) is 0 Å². The van der Waals surface area contributed by atoms with Gasteiger partial charge >= 0.3 is 0 Å². The van der Waals surface area contributed by atoms with Crippen molar-refractivity contribution >= 4 is 40.3 Å². The summed E-state index contributed by atoms with van der Waals surface area (Å²) in [7, 11) is 0. The summed E-state index contributed by atoms with van der Waals surface area (Å²) in [4.78, 5) is 15.3. The molecule has 1 amide bonds. The number of rotatable bonds is 3. The maximum Gasteiger partial charge on any atom is 0.266 e. The number of hydrogen-bond donors (Lipinski definition) is 0. The molecule has 3 unspecified atom stereocenters. The third-order valence-corrected chi connectivity index (χ3v) is 7.29. The topological polar surface area (TPSA) is 33.5 Å². The van der Waals surface area contributed by atoms with Crippen molar-refractivity contribution in [3.63, 3.8) is 0 Å². The van der Waals surface area contributed by atoms with E-state index in [2.05, 4.69) is 0 Å². The van der Waals surface area contributed by atoms with Gasteiger partial charge in [0, 0.05) is 17.7 Å². The minimum absolute atomic E-state index is 0.0571. The Morgan fingerprint density at radius 3 is 2.71 bits per heavy atom. The monoisotopic (exact) mass is 417 g/mol. The molecule has 2 saturated carbocycles. The van der Waals surface area contributed by atoms with Crippen molar-refractivity contribution in [2.45, 2.75) is 31.7 Å². The number of furan rings is 1. The minimum atomic E-state index is -0.929. The molecule has 0 N–H and O–H groups in total. The fraction of sp³-hybridized carbons (Fsp3) is 0.333. The zero-order valence-corrected chi connectivity index (χ0v) is 16.5. The number of fused-ring (bicyclic) bond motifs is 2. The van der Waals surface area contributed by atoms with Crippen molar-refractivity contribution in [2.24, 2.45) is 11.8 Å². The highest BCUT2D eigenvalue weighted by atomic mass is 32.2. The van der Waals surface area contributed by atoms with E-state index >= 15 is 0 Å². The van der Waals surface area contributed by atoms with E-state index in [1.54, 1.807) is 23.1 Å². The summed E-state index contributed by atoms with van der Waals surface area (Å²) in [5, 5.41) is 0. The van der Waals surface area contributed by atoms with Gasteiger partial charge < -0.3 is 4.42 Å². The molecule has 1 aromatic carbocycles. The van der Waals surface area contributed by atoms with Crippen molar-refractivity contribution < 1.29 is 18.0 Å². The average Bonchev–Trinajstić information content (AvgIpc) is 3.43. The summed E-state index contributed by atoms with van der Waals surface area (Å²) in [5.74, 6) is 0.296. The minimum Gasteiger partial charge on any atom is -0.457 e. The normalized spacial score (nSPS) is 28.1. The van der Waals surface area contributed by atoms with E-state index in [0.29, 0.717) is 32.2 Å². The lowest BCUT2D eigenvalue weighted by atomic mass is 9.94. The van der Waals surface area contributed by atoms with Crippen LogP contribution in [0.25, 0.3) is 17.4 Å². The molecule has 3 aliphatic rings. The number of hydrogen-bond acceptors (Lipinski definition) is 4. The third kappa shape index (κ3) is 3.01. The van der Waals surface area contributed by atoms with Gasteiger partial charge in [0.25, 0.3) is 5.91 Å². The van der Waals surface area contributed by atoms with Crippen LogP contribution in [0.4, 0.5) is 8.78 Å². The highest BCUT2D eigenvalue weighted by Gasteiger charge is 2.47. The van der Waals surface area contributed by atoms with Gasteiger partial charge in [-0.25, -0.2) is 8.78 Å². The first-order chi connectivity index (χ1) is 13.5. The molecule has 1 aromatic heterocycles. The fourth-order valence-electron chi connectivity index (χ4n) is 4.66. The predicted molar refractivity (Wildman–Crippen MR) is 108 cm³/mol. The Balaban J connectivity index is 1.38. The van der Waals surface area contributed by atoms with E-state index in [1.165, 1.54) is 37.1 Å². The van der Waals surface area contributed by atoms with Crippen LogP contribution in [0.5, 0.6) is 0 Å². The highest BCUT2D eigenvalue weighted by molar-refractivity contribution is 8.26. The number of carbonyl (C=O) groups is 1. The van der Waals surface area contributed by atoms with Crippen LogP contribution in [-0.2, 0) is 4.79 Å². The number of amides is 1. The Labute approximate surface area is 170 Å². The maximum atomic E-state index is 13.5. The second-order valence-electron chi connectivity index (χ2n) is 7.62. The summed E-state index contributed by atoms with van der Waals surface area (Å²) < 4.78 is 32.9. The first-order valence-corrected chi connectivity index (χ1v) is 10.5. The van der Waals surface area contributed by atoms with Gasteiger partial charge in [0.05, 0.1) is 4.91 Å². The van der Waals surface area contributed by atoms with Crippen molar-refractivity contribution in [3.8, 4) is 11.3 Å². The van der Waals surface area contributed by atoms with Crippen LogP contribution in [0.1, 0.15) is 31.4 Å². The van der Waals surface area contributed by atoms with Crippen LogP contribution in [0.15, 0.2) is 39.7 Å². The Hall–Kier alpha value is -1.99. The van der Waals surface area contributed by atoms with Crippen molar-refractivity contribution in [3.05, 3.63) is 52.6 Å². The van der Waals surface area contributed by atoms with Gasteiger partial charge in [-0.2, -0.15) is 0 Å². The standard InChI is InChI=1S/C21H17F2NO2S2/c22-15-5-3-13(9-16(15)23)18-6-4-14(26-18)10-19-20(25)24(21(27)28-19)17-8-11-1-2-12(17)7-11/h3-6,9-12,17H,1-2,7-8H2. The molecule has 2 bridgehead atoms. The summed E-state index contributed by atoms with van der Waals surface area (Å²) in [6.07, 6.45) is 6.38. The molecule has 3 nitrogen and oxygen atoms in total. The van der Waals surface area contributed by atoms with Crippen LogP contribution < -0.4 is 0 Å². The summed E-state index contributed by atoms with van der Waals surface area (Å²) in [5.41, 5.74) is 0.438. The lowest BCUT2D eigenvalue weighted by Crippen LogP contribution is -2.41. The Morgan fingerprint density at radius 2 is 2.00 bits per heavy atom. The smallest absolute Gasteiger partial charge is 0.266 e. The van der Waals surface area contributed by atoms with Crippen LogP contribution in [-0.4, -0.2) is 21.2 Å². The molecule has 0 spiro atoms. The van der Waals surface area contributed by atoms with Crippen LogP contribution in [0, 0.1) is 23.5 Å². The number of thioether (sulfide) groups is 1. The molecule has 28 heavy (non-hydrogen) atoms. The molecule has 5 rings (SSSR count). The molecule has 3 fully saturated rings. The van der Waals surface area contributed by atoms with E-state index in [9.17, 15) is 13.6 Å². The second kappa shape index (κ2) is 6.81. The molecule has 3 atom stereocenters.